The summed E-state index contributed by atoms with van der Waals surface area (Å²) < 4.78 is 9.71. The number of carbonyl (C=O) groups is 1. The lowest BCUT2D eigenvalue weighted by molar-refractivity contribution is -0.138. The van der Waals surface area contributed by atoms with E-state index in [9.17, 15) is 4.79 Å². The van der Waals surface area contributed by atoms with Crippen LogP contribution in [-0.2, 0) is 14.3 Å². The minimum Gasteiger partial charge on any atom is -0.463 e. The van der Waals surface area contributed by atoms with Crippen molar-refractivity contribution in [3.8, 4) is 0 Å². The molecule has 0 fully saturated rings. The largest absolute Gasteiger partial charge is 0.463 e. The van der Waals surface area contributed by atoms with Crippen LogP contribution in [0.5, 0.6) is 0 Å². The number of hydrogen-bond acceptors (Lipinski definition) is 3. The Labute approximate surface area is 73.4 Å². The second-order valence-corrected chi connectivity index (χ2v) is 2.56. The third-order valence-electron chi connectivity index (χ3n) is 1.58. The zero-order chi connectivity index (χ0) is 9.56. The molecule has 0 radical (unpaired) electrons. The van der Waals surface area contributed by atoms with Crippen LogP contribution in [0.1, 0.15) is 20.8 Å². The van der Waals surface area contributed by atoms with Crippen LogP contribution in [0.4, 0.5) is 0 Å². The Hall–Kier alpha value is -0.830. The highest BCUT2D eigenvalue weighted by Gasteiger charge is 2.07. The minimum absolute atomic E-state index is 0.257. The van der Waals surface area contributed by atoms with Crippen molar-refractivity contribution in [1.82, 2.24) is 0 Å². The predicted octanol–water partition coefficient (Wildman–Crippen LogP) is 1.53. The van der Waals surface area contributed by atoms with Gasteiger partial charge >= 0.3 is 5.97 Å². The van der Waals surface area contributed by atoms with E-state index in [1.807, 2.05) is 6.92 Å². The molecule has 0 N–H and O–H groups in total. The fourth-order valence-electron chi connectivity index (χ4n) is 0.738. The van der Waals surface area contributed by atoms with Gasteiger partial charge in [0.1, 0.15) is 0 Å². The maximum Gasteiger partial charge on any atom is 0.333 e. The first-order chi connectivity index (χ1) is 5.63. The van der Waals surface area contributed by atoms with Crippen molar-refractivity contribution in [2.24, 2.45) is 0 Å². The maximum absolute atomic E-state index is 11.1. The number of ether oxygens (including phenoxy) is 2. The first kappa shape index (κ1) is 11.2. The van der Waals surface area contributed by atoms with Crippen LogP contribution in [0.2, 0.25) is 0 Å². The zero-order valence-electron chi connectivity index (χ0n) is 8.14. The van der Waals surface area contributed by atoms with Crippen molar-refractivity contribution < 1.29 is 14.3 Å². The van der Waals surface area contributed by atoms with E-state index < -0.39 is 0 Å². The van der Waals surface area contributed by atoms with Crippen LogP contribution in [0.15, 0.2) is 11.1 Å². The van der Waals surface area contributed by atoms with Crippen molar-refractivity contribution in [2.45, 2.75) is 20.8 Å². The molecule has 70 valence electrons. The van der Waals surface area contributed by atoms with Crippen LogP contribution in [0.25, 0.3) is 0 Å². The van der Waals surface area contributed by atoms with Gasteiger partial charge in [0.2, 0.25) is 0 Å². The molecule has 0 bridgehead atoms. The maximum atomic E-state index is 11.1. The van der Waals surface area contributed by atoms with Crippen LogP contribution in [-0.4, -0.2) is 26.3 Å². The molecule has 3 heteroatoms. The van der Waals surface area contributed by atoms with Gasteiger partial charge in [0, 0.05) is 12.7 Å². The molecule has 0 saturated heterocycles. The van der Waals surface area contributed by atoms with Crippen molar-refractivity contribution in [1.29, 1.82) is 0 Å². The van der Waals surface area contributed by atoms with Gasteiger partial charge < -0.3 is 9.47 Å². The summed E-state index contributed by atoms with van der Waals surface area (Å²) in [5, 5.41) is 0. The molecule has 0 amide bonds. The van der Waals surface area contributed by atoms with Gasteiger partial charge in [-0.1, -0.05) is 0 Å². The van der Waals surface area contributed by atoms with Crippen LogP contribution in [0.3, 0.4) is 0 Å². The summed E-state index contributed by atoms with van der Waals surface area (Å²) in [6.45, 7) is 6.28. The van der Waals surface area contributed by atoms with Crippen LogP contribution >= 0.6 is 0 Å². The molecule has 0 aliphatic heterocycles. The van der Waals surface area contributed by atoms with Crippen LogP contribution < -0.4 is 0 Å². The zero-order valence-corrected chi connectivity index (χ0v) is 8.14. The Kier molecular flexibility index (Phi) is 5.37. The molecule has 0 aliphatic rings. The fraction of sp³-hybridized carbons (Fsp3) is 0.667. The second kappa shape index (κ2) is 5.77. The Balaban J connectivity index is 4.22. The van der Waals surface area contributed by atoms with Crippen molar-refractivity contribution in [3.05, 3.63) is 11.1 Å². The highest BCUT2D eigenvalue weighted by Crippen LogP contribution is 2.05. The van der Waals surface area contributed by atoms with Crippen LogP contribution in [0, 0.1) is 0 Å². The topological polar surface area (TPSA) is 35.5 Å². The standard InChI is InChI=1S/C9H16O3/c1-5-12-9(10)8(3)7(2)6-11-4/h5-6H2,1-4H3. The van der Waals surface area contributed by atoms with E-state index in [1.165, 1.54) is 0 Å². The molecule has 12 heavy (non-hydrogen) atoms. The number of esters is 1. The quantitative estimate of drug-likeness (QED) is 0.476. The average Bonchev–Trinajstić information content (AvgIpc) is 2.04. The summed E-state index contributed by atoms with van der Waals surface area (Å²) in [4.78, 5) is 11.1. The number of rotatable bonds is 4. The highest BCUT2D eigenvalue weighted by atomic mass is 16.5. The molecule has 0 spiro atoms. The molecule has 0 saturated carbocycles. The third kappa shape index (κ3) is 3.53. The van der Waals surface area contributed by atoms with Gasteiger partial charge in [-0.15, -0.1) is 0 Å². The van der Waals surface area contributed by atoms with Crippen molar-refractivity contribution in [2.75, 3.05) is 20.3 Å². The molecule has 0 atom stereocenters. The van der Waals surface area contributed by atoms with Gasteiger partial charge in [-0.05, 0) is 26.3 Å². The van der Waals surface area contributed by atoms with E-state index in [-0.39, 0.29) is 5.97 Å². The lowest BCUT2D eigenvalue weighted by Crippen LogP contribution is -2.08. The molecular weight excluding hydrogens is 156 g/mol. The third-order valence-corrected chi connectivity index (χ3v) is 1.58. The normalized spacial score (nSPS) is 12.3. The smallest absolute Gasteiger partial charge is 0.333 e. The first-order valence-corrected chi connectivity index (χ1v) is 3.95. The Bertz CT molecular complexity index is 182. The highest BCUT2D eigenvalue weighted by molar-refractivity contribution is 5.88. The average molecular weight is 172 g/mol. The predicted molar refractivity (Wildman–Crippen MR) is 46.9 cm³/mol. The summed E-state index contributed by atoms with van der Waals surface area (Å²) >= 11 is 0. The van der Waals surface area contributed by atoms with Gasteiger partial charge in [0.05, 0.1) is 13.2 Å². The summed E-state index contributed by atoms with van der Waals surface area (Å²) in [5.41, 5.74) is 1.55. The van der Waals surface area contributed by atoms with E-state index in [2.05, 4.69) is 0 Å². The Morgan fingerprint density at radius 2 is 1.92 bits per heavy atom. The van der Waals surface area contributed by atoms with Gasteiger partial charge in [-0.3, -0.25) is 0 Å². The molecular formula is C9H16O3. The SMILES string of the molecule is CCOC(=O)C(C)=C(C)COC. The summed E-state index contributed by atoms with van der Waals surface area (Å²) in [6, 6.07) is 0. The molecule has 0 aliphatic carbocycles. The summed E-state index contributed by atoms with van der Waals surface area (Å²) in [6.07, 6.45) is 0. The van der Waals surface area contributed by atoms with E-state index >= 15 is 0 Å². The Morgan fingerprint density at radius 1 is 1.33 bits per heavy atom. The second-order valence-electron chi connectivity index (χ2n) is 2.56. The minimum atomic E-state index is -0.257. The molecule has 0 unspecified atom stereocenters. The Morgan fingerprint density at radius 3 is 2.33 bits per heavy atom. The van der Waals surface area contributed by atoms with Gasteiger partial charge in [0.25, 0.3) is 0 Å². The van der Waals surface area contributed by atoms with E-state index in [0.717, 1.165) is 5.57 Å². The summed E-state index contributed by atoms with van der Waals surface area (Å²) in [5.74, 6) is -0.257. The monoisotopic (exact) mass is 172 g/mol. The number of carbonyl (C=O) groups excluding carboxylic acids is 1. The van der Waals surface area contributed by atoms with Gasteiger partial charge in [-0.2, -0.15) is 0 Å². The van der Waals surface area contributed by atoms with Crippen molar-refractivity contribution in [3.63, 3.8) is 0 Å². The molecule has 0 rings (SSSR count). The molecule has 0 aromatic rings. The molecule has 3 nitrogen and oxygen atoms in total. The number of hydrogen-bond donors (Lipinski definition) is 0. The van der Waals surface area contributed by atoms with E-state index in [0.29, 0.717) is 18.8 Å². The van der Waals surface area contributed by atoms with E-state index in [1.54, 1.807) is 21.0 Å². The number of methoxy groups -OCH3 is 1. The van der Waals surface area contributed by atoms with Gasteiger partial charge in [0.15, 0.2) is 0 Å². The molecule has 0 aromatic carbocycles. The molecule has 0 aromatic heterocycles. The van der Waals surface area contributed by atoms with Crippen molar-refractivity contribution >= 4 is 5.97 Å². The molecule has 0 heterocycles. The van der Waals surface area contributed by atoms with Gasteiger partial charge in [-0.25, -0.2) is 4.79 Å². The summed E-state index contributed by atoms with van der Waals surface area (Å²) in [7, 11) is 1.60. The lowest BCUT2D eigenvalue weighted by Gasteiger charge is -2.05. The van der Waals surface area contributed by atoms with E-state index in [4.69, 9.17) is 9.47 Å². The fourth-order valence-corrected chi connectivity index (χ4v) is 0.738. The lowest BCUT2D eigenvalue weighted by atomic mass is 10.2. The first-order valence-electron chi connectivity index (χ1n) is 3.95.